The summed E-state index contributed by atoms with van der Waals surface area (Å²) in [6, 6.07) is 16.7. The van der Waals surface area contributed by atoms with Crippen LogP contribution in [0.1, 0.15) is 48.8 Å². The number of nitrogens with zero attached hydrogens (tertiary/aromatic N) is 2. The molecule has 166 valence electrons. The van der Waals surface area contributed by atoms with E-state index in [0.717, 1.165) is 18.5 Å². The summed E-state index contributed by atoms with van der Waals surface area (Å²) < 4.78 is 5.74. The van der Waals surface area contributed by atoms with Crippen molar-refractivity contribution in [1.29, 1.82) is 0 Å². The van der Waals surface area contributed by atoms with Gasteiger partial charge in [-0.05, 0) is 49.7 Å². The fraction of sp³-hybridized carbons (Fsp3) is 0.250. The molecule has 1 atom stereocenters. The van der Waals surface area contributed by atoms with Crippen LogP contribution in [0.15, 0.2) is 66.9 Å². The molecule has 3 rings (SSSR count). The van der Waals surface area contributed by atoms with Crippen molar-refractivity contribution in [2.75, 3.05) is 17.2 Å². The third-order valence-electron chi connectivity index (χ3n) is 4.85. The van der Waals surface area contributed by atoms with Crippen LogP contribution < -0.4 is 15.4 Å². The lowest BCUT2D eigenvalue weighted by Gasteiger charge is -2.15. The van der Waals surface area contributed by atoms with Gasteiger partial charge in [-0.2, -0.15) is 0 Å². The number of hydrogen-bond donors (Lipinski definition) is 2. The second-order valence-corrected chi connectivity index (χ2v) is 7.26. The van der Waals surface area contributed by atoms with Gasteiger partial charge in [0.15, 0.2) is 0 Å². The first-order valence-corrected chi connectivity index (χ1v) is 10.5. The van der Waals surface area contributed by atoms with Gasteiger partial charge in [-0.15, -0.1) is 0 Å². The van der Waals surface area contributed by atoms with Crippen molar-refractivity contribution in [3.63, 3.8) is 0 Å². The highest BCUT2D eigenvalue weighted by Crippen LogP contribution is 2.30. The molecule has 8 heteroatoms. The van der Waals surface area contributed by atoms with Crippen LogP contribution in [-0.2, 0) is 0 Å². The Kier molecular flexibility index (Phi) is 7.75. The zero-order valence-electron chi connectivity index (χ0n) is 18.1. The average molecular weight is 434 g/mol. The average Bonchev–Trinajstić information content (AvgIpc) is 2.81. The van der Waals surface area contributed by atoms with Crippen LogP contribution in [0.25, 0.3) is 0 Å². The maximum Gasteiger partial charge on any atom is 0.293 e. The van der Waals surface area contributed by atoms with E-state index in [4.69, 9.17) is 4.74 Å². The minimum atomic E-state index is -0.508. The molecular weight excluding hydrogens is 408 g/mol. The van der Waals surface area contributed by atoms with Crippen molar-refractivity contribution in [3.05, 3.63) is 88.2 Å². The van der Waals surface area contributed by atoms with Crippen LogP contribution in [0.5, 0.6) is 5.75 Å². The van der Waals surface area contributed by atoms with E-state index in [9.17, 15) is 14.9 Å². The monoisotopic (exact) mass is 434 g/mol. The third kappa shape index (κ3) is 5.81. The number of carbonyl (C=O) groups excluding carboxylic acids is 1. The molecule has 0 bridgehead atoms. The summed E-state index contributed by atoms with van der Waals surface area (Å²) in [5.41, 5.74) is 1.57. The molecule has 0 aliphatic rings. The molecule has 1 heterocycles. The Hall–Kier alpha value is -3.94. The van der Waals surface area contributed by atoms with Crippen molar-refractivity contribution >= 4 is 23.0 Å². The van der Waals surface area contributed by atoms with Crippen LogP contribution in [0.2, 0.25) is 0 Å². The molecule has 2 N–H and O–H groups in total. The topological polar surface area (TPSA) is 106 Å². The number of pyridine rings is 1. The predicted octanol–water partition coefficient (Wildman–Crippen LogP) is 5.59. The van der Waals surface area contributed by atoms with E-state index < -0.39 is 10.8 Å². The van der Waals surface area contributed by atoms with Gasteiger partial charge in [0.25, 0.3) is 11.6 Å². The molecule has 8 nitrogen and oxygen atoms in total. The number of aromatic nitrogens is 1. The van der Waals surface area contributed by atoms with Gasteiger partial charge in [-0.1, -0.05) is 31.5 Å². The molecule has 1 unspecified atom stereocenters. The number of anilines is 2. The summed E-state index contributed by atoms with van der Waals surface area (Å²) in [4.78, 5) is 28.2. The van der Waals surface area contributed by atoms with Crippen LogP contribution in [0, 0.1) is 10.1 Å². The maximum absolute atomic E-state index is 12.8. The molecule has 32 heavy (non-hydrogen) atoms. The number of benzene rings is 2. The van der Waals surface area contributed by atoms with Gasteiger partial charge in [-0.3, -0.25) is 19.9 Å². The van der Waals surface area contributed by atoms with Crippen molar-refractivity contribution in [1.82, 2.24) is 4.98 Å². The van der Waals surface area contributed by atoms with Gasteiger partial charge in [0.2, 0.25) is 0 Å². The summed E-state index contributed by atoms with van der Waals surface area (Å²) >= 11 is 0. The second-order valence-electron chi connectivity index (χ2n) is 7.26. The summed E-state index contributed by atoms with van der Waals surface area (Å²) in [5, 5.41) is 17.6. The number of para-hydroxylation sites is 2. The zero-order valence-corrected chi connectivity index (χ0v) is 18.1. The van der Waals surface area contributed by atoms with E-state index in [-0.39, 0.29) is 17.3 Å². The molecule has 0 radical (unpaired) electrons. The molecule has 3 aromatic rings. The Morgan fingerprint density at radius 3 is 2.62 bits per heavy atom. The number of unbranched alkanes of at least 4 members (excludes halogenated alkanes) is 1. The van der Waals surface area contributed by atoms with Gasteiger partial charge in [-0.25, -0.2) is 0 Å². The van der Waals surface area contributed by atoms with Gasteiger partial charge in [0.05, 0.1) is 29.0 Å². The number of nitrogens with one attached hydrogen (secondary N) is 2. The predicted molar refractivity (Wildman–Crippen MR) is 124 cm³/mol. The smallest absolute Gasteiger partial charge is 0.293 e. The first-order chi connectivity index (χ1) is 15.5. The van der Waals surface area contributed by atoms with Crippen molar-refractivity contribution in [2.24, 2.45) is 0 Å². The van der Waals surface area contributed by atoms with Crippen LogP contribution >= 0.6 is 0 Å². The summed E-state index contributed by atoms with van der Waals surface area (Å²) in [6.07, 6.45) is 3.57. The van der Waals surface area contributed by atoms with Gasteiger partial charge < -0.3 is 15.4 Å². The zero-order chi connectivity index (χ0) is 22.9. The van der Waals surface area contributed by atoms with Gasteiger partial charge >= 0.3 is 0 Å². The summed E-state index contributed by atoms with van der Waals surface area (Å²) in [6.45, 7) is 4.48. The number of rotatable bonds is 10. The lowest BCUT2D eigenvalue weighted by molar-refractivity contribution is -0.384. The van der Waals surface area contributed by atoms with E-state index in [0.29, 0.717) is 23.7 Å². The SMILES string of the molecule is CCCCOc1ccccc1NC(=O)c1ccc(NC(C)c2ccccn2)c([N+](=O)[O-])c1. The summed E-state index contributed by atoms with van der Waals surface area (Å²) in [7, 11) is 0. The Morgan fingerprint density at radius 1 is 1.12 bits per heavy atom. The van der Waals surface area contributed by atoms with Crippen molar-refractivity contribution in [3.8, 4) is 5.75 Å². The van der Waals surface area contributed by atoms with E-state index in [2.05, 4.69) is 22.5 Å². The fourth-order valence-electron chi connectivity index (χ4n) is 3.10. The molecule has 0 saturated heterocycles. The molecule has 0 fully saturated rings. The number of nitro benzene ring substituents is 1. The minimum Gasteiger partial charge on any atom is -0.491 e. The number of hydrogen-bond acceptors (Lipinski definition) is 6. The lowest BCUT2D eigenvalue weighted by atomic mass is 10.1. The highest BCUT2D eigenvalue weighted by Gasteiger charge is 2.20. The largest absolute Gasteiger partial charge is 0.491 e. The van der Waals surface area contributed by atoms with E-state index in [1.807, 2.05) is 25.1 Å². The van der Waals surface area contributed by atoms with Crippen LogP contribution in [0.4, 0.5) is 17.1 Å². The first kappa shape index (κ1) is 22.7. The maximum atomic E-state index is 12.8. The van der Waals surface area contributed by atoms with E-state index in [1.165, 1.54) is 12.1 Å². The van der Waals surface area contributed by atoms with E-state index in [1.54, 1.807) is 36.5 Å². The Labute approximate surface area is 186 Å². The van der Waals surface area contributed by atoms with Crippen LogP contribution in [-0.4, -0.2) is 22.4 Å². The Balaban J connectivity index is 1.78. The third-order valence-corrected chi connectivity index (χ3v) is 4.85. The lowest BCUT2D eigenvalue weighted by Crippen LogP contribution is -2.14. The first-order valence-electron chi connectivity index (χ1n) is 10.5. The minimum absolute atomic E-state index is 0.177. The van der Waals surface area contributed by atoms with Gasteiger partial charge in [0, 0.05) is 17.8 Å². The molecule has 0 aliphatic carbocycles. The highest BCUT2D eigenvalue weighted by atomic mass is 16.6. The summed E-state index contributed by atoms with van der Waals surface area (Å²) in [5.74, 6) is 0.107. The van der Waals surface area contributed by atoms with Gasteiger partial charge in [0.1, 0.15) is 11.4 Å². The highest BCUT2D eigenvalue weighted by molar-refractivity contribution is 6.05. The number of ether oxygens (including phenoxy) is 1. The molecule has 2 aromatic carbocycles. The number of amides is 1. The molecule has 1 amide bonds. The molecule has 0 spiro atoms. The fourth-order valence-corrected chi connectivity index (χ4v) is 3.10. The van der Waals surface area contributed by atoms with Crippen molar-refractivity contribution < 1.29 is 14.5 Å². The van der Waals surface area contributed by atoms with Crippen molar-refractivity contribution in [2.45, 2.75) is 32.7 Å². The van der Waals surface area contributed by atoms with E-state index >= 15 is 0 Å². The normalized spacial score (nSPS) is 11.4. The number of carbonyl (C=O) groups is 1. The Bertz CT molecular complexity index is 1070. The molecule has 0 aliphatic heterocycles. The number of nitro groups is 1. The molecule has 1 aromatic heterocycles. The van der Waals surface area contributed by atoms with Crippen LogP contribution in [0.3, 0.4) is 0 Å². The Morgan fingerprint density at radius 2 is 1.91 bits per heavy atom. The molecule has 0 saturated carbocycles. The standard InChI is InChI=1S/C24H26N4O4/c1-3-4-15-32-23-11-6-5-10-21(23)27-24(29)18-12-13-20(22(16-18)28(30)31)26-17(2)19-9-7-8-14-25-19/h5-14,16-17,26H,3-4,15H2,1-2H3,(H,27,29). The molecular formula is C24H26N4O4. The quantitative estimate of drug-likeness (QED) is 0.245. The second kappa shape index (κ2) is 10.9.